The first kappa shape index (κ1) is 14.4. The van der Waals surface area contributed by atoms with Gasteiger partial charge in [-0.1, -0.05) is 13.8 Å². The van der Waals surface area contributed by atoms with E-state index in [1.807, 2.05) is 0 Å². The van der Waals surface area contributed by atoms with Gasteiger partial charge in [0.25, 0.3) is 5.91 Å². The van der Waals surface area contributed by atoms with E-state index in [0.717, 1.165) is 25.2 Å². The first-order chi connectivity index (χ1) is 8.08. The molecule has 0 aromatic carbocycles. The summed E-state index contributed by atoms with van der Waals surface area (Å²) >= 11 is 0. The van der Waals surface area contributed by atoms with Gasteiger partial charge in [-0.2, -0.15) is 0 Å². The number of ether oxygens (including phenoxy) is 2. The van der Waals surface area contributed by atoms with Crippen molar-refractivity contribution < 1.29 is 14.3 Å². The number of carbonyl (C=O) groups is 1. The van der Waals surface area contributed by atoms with Gasteiger partial charge in [0.05, 0.1) is 12.7 Å². The first-order valence-electron chi connectivity index (χ1n) is 6.23. The number of amides is 1. The molecule has 100 valence electrons. The van der Waals surface area contributed by atoms with E-state index < -0.39 is 6.10 Å². The zero-order valence-electron chi connectivity index (χ0n) is 10.9. The van der Waals surface area contributed by atoms with E-state index in [4.69, 9.17) is 15.3 Å². The predicted molar refractivity (Wildman–Crippen MR) is 65.0 cm³/mol. The van der Waals surface area contributed by atoms with Crippen molar-refractivity contribution in [3.8, 4) is 0 Å². The van der Waals surface area contributed by atoms with Crippen LogP contribution < -0.4 is 11.3 Å². The van der Waals surface area contributed by atoms with Crippen molar-refractivity contribution >= 4 is 5.91 Å². The Labute approximate surface area is 103 Å². The smallest absolute Gasteiger partial charge is 0.265 e. The second kappa shape index (κ2) is 6.93. The average Bonchev–Trinajstić information content (AvgIpc) is 2.32. The van der Waals surface area contributed by atoms with Gasteiger partial charge in [-0.05, 0) is 31.1 Å². The first-order valence-corrected chi connectivity index (χ1v) is 6.23. The Morgan fingerprint density at radius 1 is 1.41 bits per heavy atom. The third-order valence-electron chi connectivity index (χ3n) is 3.66. The Hall–Kier alpha value is -0.650. The largest absolute Gasteiger partial charge is 0.381 e. The molecule has 0 aromatic rings. The molecular weight excluding hydrogens is 220 g/mol. The van der Waals surface area contributed by atoms with Gasteiger partial charge in [0, 0.05) is 7.11 Å². The van der Waals surface area contributed by atoms with E-state index >= 15 is 0 Å². The monoisotopic (exact) mass is 244 g/mol. The van der Waals surface area contributed by atoms with Crippen LogP contribution in [0.25, 0.3) is 0 Å². The van der Waals surface area contributed by atoms with Gasteiger partial charge in [0.1, 0.15) is 0 Å². The van der Waals surface area contributed by atoms with Crippen LogP contribution in [0.15, 0.2) is 0 Å². The summed E-state index contributed by atoms with van der Waals surface area (Å²) in [5.74, 6) is 6.17. The molecule has 1 aliphatic carbocycles. The molecule has 4 unspecified atom stereocenters. The molecule has 0 heterocycles. The molecule has 3 N–H and O–H groups in total. The third kappa shape index (κ3) is 4.26. The number of hydrogen-bond donors (Lipinski definition) is 2. The van der Waals surface area contributed by atoms with Gasteiger partial charge in [-0.15, -0.1) is 0 Å². The molecule has 0 bridgehead atoms. The lowest BCUT2D eigenvalue weighted by Crippen LogP contribution is -2.45. The fraction of sp³-hybridized carbons (Fsp3) is 0.917. The van der Waals surface area contributed by atoms with Gasteiger partial charge in [-0.25, -0.2) is 5.84 Å². The molecule has 0 radical (unpaired) electrons. The van der Waals surface area contributed by atoms with Crippen molar-refractivity contribution in [2.45, 2.75) is 45.3 Å². The second-order valence-corrected chi connectivity index (χ2v) is 4.98. The quantitative estimate of drug-likeness (QED) is 0.427. The van der Waals surface area contributed by atoms with E-state index in [1.54, 1.807) is 7.11 Å². The summed E-state index contributed by atoms with van der Waals surface area (Å²) in [6, 6.07) is 0. The molecule has 5 nitrogen and oxygen atoms in total. The topological polar surface area (TPSA) is 73.6 Å². The van der Waals surface area contributed by atoms with Crippen LogP contribution in [0.1, 0.15) is 33.1 Å². The SMILES string of the molecule is COCC(OC1CCC(C)C(C)C1)C(=O)NN. The highest BCUT2D eigenvalue weighted by molar-refractivity contribution is 5.80. The van der Waals surface area contributed by atoms with Gasteiger partial charge in [0.15, 0.2) is 6.10 Å². The molecule has 1 fully saturated rings. The fourth-order valence-electron chi connectivity index (χ4n) is 2.28. The lowest BCUT2D eigenvalue weighted by molar-refractivity contribution is -0.144. The summed E-state index contributed by atoms with van der Waals surface area (Å²) in [6.45, 7) is 4.73. The summed E-state index contributed by atoms with van der Waals surface area (Å²) in [4.78, 5) is 11.5. The summed E-state index contributed by atoms with van der Waals surface area (Å²) in [6.07, 6.45) is 2.69. The Balaban J connectivity index is 2.47. The summed E-state index contributed by atoms with van der Waals surface area (Å²) in [5, 5.41) is 0. The number of methoxy groups -OCH3 is 1. The predicted octanol–water partition coefficient (Wildman–Crippen LogP) is 0.833. The number of nitrogens with two attached hydrogens (primary N) is 1. The molecule has 0 aromatic heterocycles. The molecule has 1 saturated carbocycles. The summed E-state index contributed by atoms with van der Waals surface area (Å²) in [5.41, 5.74) is 2.12. The number of carbonyl (C=O) groups excluding carboxylic acids is 1. The number of hydrazine groups is 1. The van der Waals surface area contributed by atoms with Crippen molar-refractivity contribution in [2.75, 3.05) is 13.7 Å². The molecule has 1 rings (SSSR count). The molecule has 1 aliphatic rings. The molecule has 5 heteroatoms. The maximum absolute atomic E-state index is 11.5. The normalized spacial score (nSPS) is 30.9. The van der Waals surface area contributed by atoms with Crippen molar-refractivity contribution in [3.63, 3.8) is 0 Å². The molecule has 0 saturated heterocycles. The van der Waals surface area contributed by atoms with Crippen LogP contribution in [-0.2, 0) is 14.3 Å². The second-order valence-electron chi connectivity index (χ2n) is 4.98. The molecule has 4 atom stereocenters. The van der Waals surface area contributed by atoms with Gasteiger partial charge < -0.3 is 9.47 Å². The van der Waals surface area contributed by atoms with Crippen molar-refractivity contribution in [3.05, 3.63) is 0 Å². The zero-order valence-corrected chi connectivity index (χ0v) is 10.9. The minimum atomic E-state index is -0.601. The van der Waals surface area contributed by atoms with E-state index in [1.165, 1.54) is 0 Å². The zero-order chi connectivity index (χ0) is 12.8. The van der Waals surface area contributed by atoms with Crippen LogP contribution >= 0.6 is 0 Å². The minimum Gasteiger partial charge on any atom is -0.381 e. The third-order valence-corrected chi connectivity index (χ3v) is 3.66. The fourth-order valence-corrected chi connectivity index (χ4v) is 2.28. The molecule has 0 aliphatic heterocycles. The van der Waals surface area contributed by atoms with Crippen molar-refractivity contribution in [1.82, 2.24) is 5.43 Å². The Kier molecular flexibility index (Phi) is 5.88. The van der Waals surface area contributed by atoms with Crippen molar-refractivity contribution in [1.29, 1.82) is 0 Å². The van der Waals surface area contributed by atoms with Gasteiger partial charge in [-0.3, -0.25) is 10.2 Å². The number of nitrogens with one attached hydrogen (secondary N) is 1. The van der Waals surface area contributed by atoms with Crippen LogP contribution in [0.3, 0.4) is 0 Å². The van der Waals surface area contributed by atoms with E-state index in [-0.39, 0.29) is 18.6 Å². The Morgan fingerprint density at radius 2 is 2.12 bits per heavy atom. The van der Waals surface area contributed by atoms with Crippen molar-refractivity contribution in [2.24, 2.45) is 17.7 Å². The lowest BCUT2D eigenvalue weighted by atomic mass is 9.80. The summed E-state index contributed by atoms with van der Waals surface area (Å²) in [7, 11) is 1.55. The maximum atomic E-state index is 11.5. The standard InChI is InChI=1S/C12H24N2O3/c1-8-4-5-10(6-9(8)2)17-11(7-16-3)12(15)14-13/h8-11H,4-7,13H2,1-3H3,(H,14,15). The number of rotatable bonds is 5. The van der Waals surface area contributed by atoms with Crippen LogP contribution in [0.2, 0.25) is 0 Å². The van der Waals surface area contributed by atoms with Crippen LogP contribution in [0, 0.1) is 11.8 Å². The molecular formula is C12H24N2O3. The Morgan fingerprint density at radius 3 is 2.65 bits per heavy atom. The van der Waals surface area contributed by atoms with E-state index in [9.17, 15) is 4.79 Å². The highest BCUT2D eigenvalue weighted by Gasteiger charge is 2.29. The van der Waals surface area contributed by atoms with Gasteiger partial charge >= 0.3 is 0 Å². The van der Waals surface area contributed by atoms with Crippen LogP contribution in [0.4, 0.5) is 0 Å². The van der Waals surface area contributed by atoms with Crippen LogP contribution in [-0.4, -0.2) is 31.8 Å². The summed E-state index contributed by atoms with van der Waals surface area (Å²) < 4.78 is 10.8. The molecule has 0 spiro atoms. The van der Waals surface area contributed by atoms with E-state index in [0.29, 0.717) is 5.92 Å². The molecule has 1 amide bonds. The van der Waals surface area contributed by atoms with E-state index in [2.05, 4.69) is 19.3 Å². The number of hydrogen-bond acceptors (Lipinski definition) is 4. The Bertz CT molecular complexity index is 248. The van der Waals surface area contributed by atoms with Crippen LogP contribution in [0.5, 0.6) is 0 Å². The molecule has 17 heavy (non-hydrogen) atoms. The lowest BCUT2D eigenvalue weighted by Gasteiger charge is -2.33. The average molecular weight is 244 g/mol. The maximum Gasteiger partial charge on any atom is 0.265 e. The highest BCUT2D eigenvalue weighted by Crippen LogP contribution is 2.31. The minimum absolute atomic E-state index is 0.138. The van der Waals surface area contributed by atoms with Gasteiger partial charge in [0.2, 0.25) is 0 Å². The highest BCUT2D eigenvalue weighted by atomic mass is 16.5.